The number of methoxy groups -OCH3 is 1. The van der Waals surface area contributed by atoms with E-state index in [2.05, 4.69) is 5.10 Å². The summed E-state index contributed by atoms with van der Waals surface area (Å²) in [5.41, 5.74) is 6.52. The Bertz CT molecular complexity index is 504. The Morgan fingerprint density at radius 2 is 2.26 bits per heavy atom. The first-order valence-corrected chi connectivity index (χ1v) is 6.29. The monoisotopic (exact) mass is 281 g/mol. The highest BCUT2D eigenvalue weighted by Crippen LogP contribution is 2.34. The van der Waals surface area contributed by atoms with Crippen molar-refractivity contribution in [2.45, 2.75) is 13.1 Å². The van der Waals surface area contributed by atoms with Crippen LogP contribution in [0.15, 0.2) is 30.6 Å². The maximum atomic E-state index is 5.99. The third-order valence-electron chi connectivity index (χ3n) is 2.66. The lowest BCUT2D eigenvalue weighted by atomic mass is 10.2. The maximum absolute atomic E-state index is 5.99. The van der Waals surface area contributed by atoms with Gasteiger partial charge in [0.05, 0.1) is 13.7 Å². The minimum Gasteiger partial charge on any atom is -0.493 e. The lowest BCUT2D eigenvalue weighted by molar-refractivity contribution is 0.271. The molecule has 0 saturated heterocycles. The number of nitrogens with zero attached hydrogens (tertiary/aromatic N) is 2. The van der Waals surface area contributed by atoms with Crippen LogP contribution in [0.25, 0.3) is 0 Å². The molecule has 0 aliphatic heterocycles. The van der Waals surface area contributed by atoms with Crippen molar-refractivity contribution in [1.29, 1.82) is 0 Å². The van der Waals surface area contributed by atoms with Crippen molar-refractivity contribution in [2.24, 2.45) is 5.73 Å². The van der Waals surface area contributed by atoms with Gasteiger partial charge in [-0.3, -0.25) is 4.68 Å². The summed E-state index contributed by atoms with van der Waals surface area (Å²) in [6, 6.07) is 5.37. The first-order chi connectivity index (χ1) is 9.24. The minimum atomic E-state index is 0.341. The average molecular weight is 282 g/mol. The molecule has 0 bridgehead atoms. The number of hydrogen-bond acceptors (Lipinski definition) is 4. The van der Waals surface area contributed by atoms with Crippen molar-refractivity contribution in [3.8, 4) is 11.5 Å². The van der Waals surface area contributed by atoms with Crippen LogP contribution in [0.1, 0.15) is 5.56 Å². The number of halogens is 1. The first kappa shape index (κ1) is 13.7. The fourth-order valence-electron chi connectivity index (χ4n) is 1.76. The molecule has 102 valence electrons. The molecule has 1 heterocycles. The quantitative estimate of drug-likeness (QED) is 0.881. The summed E-state index contributed by atoms with van der Waals surface area (Å²) in [6.45, 7) is 1.48. The normalized spacial score (nSPS) is 10.5. The van der Waals surface area contributed by atoms with Gasteiger partial charge >= 0.3 is 0 Å². The third-order valence-corrected chi connectivity index (χ3v) is 2.88. The summed E-state index contributed by atoms with van der Waals surface area (Å²) >= 11 is 5.99. The average Bonchev–Trinajstić information content (AvgIpc) is 2.92. The van der Waals surface area contributed by atoms with Gasteiger partial charge in [-0.2, -0.15) is 5.10 Å². The smallest absolute Gasteiger partial charge is 0.165 e. The highest BCUT2D eigenvalue weighted by atomic mass is 35.5. The Morgan fingerprint density at radius 3 is 2.89 bits per heavy atom. The summed E-state index contributed by atoms with van der Waals surface area (Å²) < 4.78 is 12.8. The van der Waals surface area contributed by atoms with Gasteiger partial charge < -0.3 is 15.2 Å². The van der Waals surface area contributed by atoms with Gasteiger partial charge in [-0.1, -0.05) is 11.6 Å². The largest absolute Gasteiger partial charge is 0.493 e. The van der Waals surface area contributed by atoms with E-state index in [1.165, 1.54) is 0 Å². The lowest BCUT2D eigenvalue weighted by Crippen LogP contribution is -2.11. The van der Waals surface area contributed by atoms with Gasteiger partial charge in [0, 0.05) is 35.6 Å². The fourth-order valence-corrected chi connectivity index (χ4v) is 1.99. The van der Waals surface area contributed by atoms with Crippen LogP contribution in [-0.4, -0.2) is 23.5 Å². The Kier molecular flexibility index (Phi) is 4.65. The topological polar surface area (TPSA) is 62.3 Å². The van der Waals surface area contributed by atoms with Crippen LogP contribution >= 0.6 is 11.6 Å². The fraction of sp³-hybridized carbons (Fsp3) is 0.308. The Labute approximate surface area is 116 Å². The molecule has 0 fully saturated rings. The molecule has 0 aliphatic carbocycles. The van der Waals surface area contributed by atoms with Gasteiger partial charge in [0.25, 0.3) is 0 Å². The molecule has 2 N–H and O–H groups in total. The molecule has 0 radical (unpaired) electrons. The second kappa shape index (κ2) is 6.45. The Morgan fingerprint density at radius 1 is 1.42 bits per heavy atom. The lowest BCUT2D eigenvalue weighted by Gasteiger charge is -2.15. The molecule has 19 heavy (non-hydrogen) atoms. The number of hydrogen-bond donors (Lipinski definition) is 1. The molecule has 0 atom stereocenters. The molecule has 0 aliphatic rings. The van der Waals surface area contributed by atoms with E-state index in [0.29, 0.717) is 36.2 Å². The molecular formula is C13H16ClN3O2. The number of ether oxygens (including phenoxy) is 2. The van der Waals surface area contributed by atoms with Crippen molar-refractivity contribution in [3.63, 3.8) is 0 Å². The van der Waals surface area contributed by atoms with Crippen LogP contribution in [0, 0.1) is 0 Å². The zero-order valence-electron chi connectivity index (χ0n) is 10.7. The molecule has 1 aromatic carbocycles. The van der Waals surface area contributed by atoms with Crippen LogP contribution in [0.2, 0.25) is 5.02 Å². The molecule has 0 amide bonds. The van der Waals surface area contributed by atoms with E-state index in [4.69, 9.17) is 26.8 Å². The second-order valence-electron chi connectivity index (χ2n) is 3.92. The van der Waals surface area contributed by atoms with Gasteiger partial charge in [0.2, 0.25) is 0 Å². The molecule has 5 nitrogen and oxygen atoms in total. The third kappa shape index (κ3) is 3.39. The minimum absolute atomic E-state index is 0.341. The Balaban J connectivity index is 2.09. The summed E-state index contributed by atoms with van der Waals surface area (Å²) in [7, 11) is 1.58. The van der Waals surface area contributed by atoms with Gasteiger partial charge in [-0.15, -0.1) is 0 Å². The van der Waals surface area contributed by atoms with E-state index in [1.54, 1.807) is 30.1 Å². The summed E-state index contributed by atoms with van der Waals surface area (Å²) in [5, 5.41) is 4.69. The molecule has 6 heteroatoms. The first-order valence-electron chi connectivity index (χ1n) is 5.91. The predicted octanol–water partition coefficient (Wildman–Crippen LogP) is 2.08. The molecule has 2 aromatic rings. The predicted molar refractivity (Wildman–Crippen MR) is 73.6 cm³/mol. The van der Waals surface area contributed by atoms with Crippen LogP contribution in [0.3, 0.4) is 0 Å². The highest BCUT2D eigenvalue weighted by molar-refractivity contribution is 6.30. The molecule has 0 spiro atoms. The zero-order valence-corrected chi connectivity index (χ0v) is 11.4. The zero-order chi connectivity index (χ0) is 13.7. The van der Waals surface area contributed by atoms with Crippen LogP contribution in [0.5, 0.6) is 11.5 Å². The van der Waals surface area contributed by atoms with Crippen molar-refractivity contribution < 1.29 is 9.47 Å². The van der Waals surface area contributed by atoms with Crippen LogP contribution in [0.4, 0.5) is 0 Å². The summed E-state index contributed by atoms with van der Waals surface area (Å²) in [6.07, 6.45) is 3.61. The van der Waals surface area contributed by atoms with Crippen molar-refractivity contribution in [1.82, 2.24) is 9.78 Å². The van der Waals surface area contributed by atoms with Gasteiger partial charge in [0.15, 0.2) is 11.5 Å². The van der Waals surface area contributed by atoms with E-state index in [1.807, 2.05) is 12.3 Å². The van der Waals surface area contributed by atoms with Gasteiger partial charge in [-0.05, 0) is 12.1 Å². The molecular weight excluding hydrogens is 266 g/mol. The number of nitrogens with two attached hydrogens (primary N) is 1. The van der Waals surface area contributed by atoms with Crippen molar-refractivity contribution in [3.05, 3.63) is 41.2 Å². The second-order valence-corrected chi connectivity index (χ2v) is 4.35. The van der Waals surface area contributed by atoms with Crippen LogP contribution in [-0.2, 0) is 13.1 Å². The van der Waals surface area contributed by atoms with Crippen LogP contribution < -0.4 is 15.2 Å². The van der Waals surface area contributed by atoms with E-state index in [-0.39, 0.29) is 0 Å². The summed E-state index contributed by atoms with van der Waals surface area (Å²) in [5.74, 6) is 1.23. The van der Waals surface area contributed by atoms with Gasteiger partial charge in [0.1, 0.15) is 6.61 Å². The van der Waals surface area contributed by atoms with E-state index >= 15 is 0 Å². The van der Waals surface area contributed by atoms with E-state index in [0.717, 1.165) is 5.56 Å². The highest BCUT2D eigenvalue weighted by Gasteiger charge is 2.11. The van der Waals surface area contributed by atoms with Crippen molar-refractivity contribution in [2.75, 3.05) is 13.7 Å². The number of benzene rings is 1. The van der Waals surface area contributed by atoms with E-state index < -0.39 is 0 Å². The molecule has 0 saturated carbocycles. The SMILES string of the molecule is COc1cc(Cl)cc(CN)c1OCCn1cccn1. The number of aromatic nitrogens is 2. The van der Waals surface area contributed by atoms with E-state index in [9.17, 15) is 0 Å². The number of rotatable bonds is 6. The standard InChI is InChI=1S/C13H16ClN3O2/c1-18-12-8-11(14)7-10(9-15)13(12)19-6-5-17-4-2-3-16-17/h2-4,7-8H,5-6,9,15H2,1H3. The molecule has 0 unspecified atom stereocenters. The van der Waals surface area contributed by atoms with Crippen molar-refractivity contribution >= 4 is 11.6 Å². The maximum Gasteiger partial charge on any atom is 0.165 e. The molecule has 2 rings (SSSR count). The van der Waals surface area contributed by atoms with Gasteiger partial charge in [-0.25, -0.2) is 0 Å². The molecule has 1 aromatic heterocycles. The summed E-state index contributed by atoms with van der Waals surface area (Å²) in [4.78, 5) is 0. The Hall–Kier alpha value is -1.72.